The minimum Gasteiger partial charge on any atom is -0.465 e. The highest BCUT2D eigenvalue weighted by molar-refractivity contribution is 8.14. The Morgan fingerprint density at radius 3 is 2.81 bits per heavy atom. The van der Waals surface area contributed by atoms with Crippen molar-refractivity contribution < 1.29 is 14.3 Å². The highest BCUT2D eigenvalue weighted by atomic mass is 32.2. The van der Waals surface area contributed by atoms with E-state index in [2.05, 4.69) is 23.2 Å². The molecule has 26 heavy (non-hydrogen) atoms. The summed E-state index contributed by atoms with van der Waals surface area (Å²) in [7, 11) is 0. The van der Waals surface area contributed by atoms with Gasteiger partial charge < -0.3 is 4.74 Å². The molecule has 136 valence electrons. The first kappa shape index (κ1) is 17.5. The van der Waals surface area contributed by atoms with Crippen LogP contribution in [0.15, 0.2) is 34.3 Å². The summed E-state index contributed by atoms with van der Waals surface area (Å²) >= 11 is 1.18. The number of ether oxygens (including phenoxy) is 1. The van der Waals surface area contributed by atoms with Crippen LogP contribution in [-0.2, 0) is 20.7 Å². The lowest BCUT2D eigenvalue weighted by Crippen LogP contribution is -2.46. The lowest BCUT2D eigenvalue weighted by molar-refractivity contribution is -0.139. The summed E-state index contributed by atoms with van der Waals surface area (Å²) < 4.78 is 4.95. The smallest absolute Gasteiger partial charge is 0.316 e. The molecule has 1 saturated carbocycles. The van der Waals surface area contributed by atoms with Crippen LogP contribution >= 0.6 is 11.8 Å². The van der Waals surface area contributed by atoms with Crippen LogP contribution in [0.3, 0.4) is 0 Å². The van der Waals surface area contributed by atoms with Crippen LogP contribution in [0.2, 0.25) is 0 Å². The van der Waals surface area contributed by atoms with E-state index in [0.29, 0.717) is 11.8 Å². The molecular weight excluding hydrogens is 348 g/mol. The Balaban J connectivity index is 1.68. The van der Waals surface area contributed by atoms with Gasteiger partial charge in [0.25, 0.3) is 5.91 Å². The number of rotatable bonds is 3. The van der Waals surface area contributed by atoms with Gasteiger partial charge in [-0.3, -0.25) is 9.59 Å². The number of fused-ring (bicyclic) bond motifs is 4. The number of carbonyl (C=O) groups excluding carboxylic acids is 2. The fourth-order valence-corrected chi connectivity index (χ4v) is 5.22. The van der Waals surface area contributed by atoms with E-state index in [-0.39, 0.29) is 29.0 Å². The fraction of sp³-hybridized carbons (Fsp3) is 0.500. The molecule has 1 spiro atoms. The number of carbonyl (C=O) groups is 2. The van der Waals surface area contributed by atoms with Crippen LogP contribution in [0.5, 0.6) is 0 Å². The zero-order chi connectivity index (χ0) is 18.1. The van der Waals surface area contributed by atoms with Gasteiger partial charge in [-0.1, -0.05) is 48.9 Å². The molecule has 1 fully saturated rings. The van der Waals surface area contributed by atoms with Crippen molar-refractivity contribution in [2.45, 2.75) is 39.0 Å². The van der Waals surface area contributed by atoms with E-state index in [9.17, 15) is 9.59 Å². The Labute approximate surface area is 157 Å². The van der Waals surface area contributed by atoms with Crippen LogP contribution in [0, 0.1) is 11.3 Å². The maximum Gasteiger partial charge on any atom is 0.316 e. The lowest BCUT2D eigenvalue weighted by Gasteiger charge is -2.42. The predicted octanol–water partition coefficient (Wildman–Crippen LogP) is 3.40. The largest absolute Gasteiger partial charge is 0.465 e. The van der Waals surface area contributed by atoms with Crippen molar-refractivity contribution in [2.24, 2.45) is 21.3 Å². The van der Waals surface area contributed by atoms with Crippen LogP contribution < -0.4 is 0 Å². The van der Waals surface area contributed by atoms with Crippen molar-refractivity contribution in [3.63, 3.8) is 0 Å². The molecule has 4 rings (SSSR count). The van der Waals surface area contributed by atoms with Gasteiger partial charge >= 0.3 is 5.97 Å². The number of hydrogen-bond acceptors (Lipinski definition) is 5. The number of thioether (sulfide) groups is 1. The molecule has 0 saturated heterocycles. The van der Waals surface area contributed by atoms with Gasteiger partial charge in [0, 0.05) is 5.56 Å². The van der Waals surface area contributed by atoms with Crippen LogP contribution in [-0.4, -0.2) is 35.1 Å². The Morgan fingerprint density at radius 2 is 2.04 bits per heavy atom. The number of amidine groups is 1. The van der Waals surface area contributed by atoms with E-state index in [1.54, 1.807) is 6.92 Å². The van der Waals surface area contributed by atoms with Crippen molar-refractivity contribution in [2.75, 3.05) is 12.4 Å². The topological polar surface area (TPSA) is 68.1 Å². The maximum atomic E-state index is 13.0. The second-order valence-electron chi connectivity index (χ2n) is 7.16. The normalized spacial score (nSPS) is 23.1. The van der Waals surface area contributed by atoms with Crippen LogP contribution in [0.4, 0.5) is 0 Å². The minimum atomic E-state index is -0.314. The molecule has 5 nitrogen and oxygen atoms in total. The third-order valence-electron chi connectivity index (χ3n) is 5.61. The van der Waals surface area contributed by atoms with E-state index < -0.39 is 0 Å². The molecule has 0 radical (unpaired) electrons. The molecule has 2 aliphatic carbocycles. The van der Waals surface area contributed by atoms with Crippen molar-refractivity contribution in [1.29, 1.82) is 0 Å². The number of hydrogen-bond donors (Lipinski definition) is 0. The quantitative estimate of drug-likeness (QED) is 0.765. The maximum absolute atomic E-state index is 13.0. The minimum absolute atomic E-state index is 0.0366. The standard InChI is InChI=1S/C20H22N2O3S/c1-2-25-15(23)12-26-19-21-17-14-8-4-3-7-13(14)11-20(9-5-6-10-20)16(17)18(24)22-19/h3-4,7-8,16H,2,5-6,9-12H2,1H3. The Morgan fingerprint density at radius 1 is 1.27 bits per heavy atom. The molecule has 6 heteroatoms. The molecule has 1 aromatic carbocycles. The van der Waals surface area contributed by atoms with Crippen molar-refractivity contribution in [1.82, 2.24) is 0 Å². The molecule has 3 aliphatic rings. The first-order valence-corrected chi connectivity index (χ1v) is 10.2. The van der Waals surface area contributed by atoms with Gasteiger partial charge in [0.1, 0.15) is 0 Å². The Hall–Kier alpha value is -1.95. The molecular formula is C20H22N2O3S. The molecule has 1 aliphatic heterocycles. The predicted molar refractivity (Wildman–Crippen MR) is 103 cm³/mol. The Bertz CT molecular complexity index is 809. The number of amides is 1. The lowest BCUT2D eigenvalue weighted by atomic mass is 9.62. The molecule has 1 unspecified atom stereocenters. The van der Waals surface area contributed by atoms with Crippen molar-refractivity contribution in [3.05, 3.63) is 35.4 Å². The van der Waals surface area contributed by atoms with E-state index in [0.717, 1.165) is 43.4 Å². The van der Waals surface area contributed by atoms with Gasteiger partial charge in [-0.05, 0) is 37.2 Å². The molecule has 0 bridgehead atoms. The molecule has 1 heterocycles. The SMILES string of the molecule is CCOC(=O)CSC1=NC(=O)C2C(=N1)c1ccccc1CC21CCCC1. The summed E-state index contributed by atoms with van der Waals surface area (Å²) in [5.41, 5.74) is 3.15. The molecule has 0 N–H and O–H groups in total. The van der Waals surface area contributed by atoms with Crippen molar-refractivity contribution >= 4 is 34.5 Å². The summed E-state index contributed by atoms with van der Waals surface area (Å²) in [6.07, 6.45) is 5.36. The number of nitrogens with zero attached hydrogens (tertiary/aromatic N) is 2. The molecule has 1 amide bonds. The molecule has 0 aromatic heterocycles. The first-order chi connectivity index (χ1) is 12.6. The molecule has 1 aromatic rings. The zero-order valence-electron chi connectivity index (χ0n) is 14.9. The van der Waals surface area contributed by atoms with Gasteiger partial charge in [-0.25, -0.2) is 4.99 Å². The monoisotopic (exact) mass is 370 g/mol. The zero-order valence-corrected chi connectivity index (χ0v) is 15.7. The first-order valence-electron chi connectivity index (χ1n) is 9.21. The average molecular weight is 370 g/mol. The second kappa shape index (κ2) is 6.99. The Kier molecular flexibility index (Phi) is 4.69. The highest BCUT2D eigenvalue weighted by Gasteiger charge is 2.52. The van der Waals surface area contributed by atoms with Gasteiger partial charge in [0.2, 0.25) is 0 Å². The van der Waals surface area contributed by atoms with Crippen molar-refractivity contribution in [3.8, 4) is 0 Å². The second-order valence-corrected chi connectivity index (χ2v) is 8.10. The van der Waals surface area contributed by atoms with Gasteiger partial charge in [0.15, 0.2) is 5.17 Å². The number of esters is 1. The summed E-state index contributed by atoms with van der Waals surface area (Å²) in [4.78, 5) is 33.6. The summed E-state index contributed by atoms with van der Waals surface area (Å²) in [5, 5.41) is 0.374. The summed E-state index contributed by atoms with van der Waals surface area (Å²) in [5.74, 6) is -0.537. The van der Waals surface area contributed by atoms with E-state index in [4.69, 9.17) is 9.73 Å². The number of aliphatic imine (C=N–C) groups is 2. The number of benzene rings is 1. The summed E-state index contributed by atoms with van der Waals surface area (Å²) in [6, 6.07) is 8.25. The third kappa shape index (κ3) is 3.00. The van der Waals surface area contributed by atoms with Crippen LogP contribution in [0.1, 0.15) is 43.7 Å². The van der Waals surface area contributed by atoms with Gasteiger partial charge in [-0.15, -0.1) is 0 Å². The highest BCUT2D eigenvalue weighted by Crippen LogP contribution is 2.52. The average Bonchev–Trinajstić information content (AvgIpc) is 3.08. The van der Waals surface area contributed by atoms with E-state index in [1.165, 1.54) is 17.3 Å². The van der Waals surface area contributed by atoms with Crippen LogP contribution in [0.25, 0.3) is 0 Å². The van der Waals surface area contributed by atoms with Gasteiger partial charge in [-0.2, -0.15) is 4.99 Å². The van der Waals surface area contributed by atoms with E-state index in [1.807, 2.05) is 6.07 Å². The van der Waals surface area contributed by atoms with E-state index >= 15 is 0 Å². The summed E-state index contributed by atoms with van der Waals surface area (Å²) in [6.45, 7) is 2.12. The molecule has 1 atom stereocenters. The third-order valence-corrected chi connectivity index (χ3v) is 6.44. The fourth-order valence-electron chi connectivity index (χ4n) is 4.58. The van der Waals surface area contributed by atoms with Gasteiger partial charge in [0.05, 0.1) is 24.0 Å².